The summed E-state index contributed by atoms with van der Waals surface area (Å²) >= 11 is 0. The summed E-state index contributed by atoms with van der Waals surface area (Å²) in [6.45, 7) is 7.10. The van der Waals surface area contributed by atoms with Crippen LogP contribution >= 0.6 is 7.26 Å². The highest BCUT2D eigenvalue weighted by Crippen LogP contribution is 2.64. The number of hydrogen-bond donors (Lipinski definition) is 0. The minimum absolute atomic E-state index is 0.977. The van der Waals surface area contributed by atoms with Gasteiger partial charge < -0.3 is 0 Å². The van der Waals surface area contributed by atoms with Crippen LogP contribution in [-0.2, 0) is 6.16 Å². The zero-order valence-corrected chi connectivity index (χ0v) is 20.1. The fraction of sp³-hybridized carbons (Fsp3) is 0.448. The van der Waals surface area contributed by atoms with Gasteiger partial charge in [-0.2, -0.15) is 0 Å². The van der Waals surface area contributed by atoms with Crippen LogP contribution in [0.2, 0.25) is 0 Å². The van der Waals surface area contributed by atoms with Gasteiger partial charge in [-0.05, 0) is 63.2 Å². The highest BCUT2D eigenvalue weighted by Gasteiger charge is 2.36. The van der Waals surface area contributed by atoms with Gasteiger partial charge in [-0.1, -0.05) is 88.6 Å². The third-order valence-electron chi connectivity index (χ3n) is 7.06. The molecule has 158 valence electrons. The smallest absolute Gasteiger partial charge is 0.0652 e. The second-order valence-corrected chi connectivity index (χ2v) is 13.7. The Morgan fingerprint density at radius 1 is 0.600 bits per heavy atom. The SMILES string of the molecule is CCCC[P+](CCCC)(CCCC)Cc1cc2cccc3ccc4cccc1c4c32. The molecule has 4 rings (SSSR count). The maximum Gasteiger partial charge on any atom is 0.0849 e. The maximum absolute atomic E-state index is 2.56. The number of unbranched alkanes of at least 4 members (excludes halogenated alkanes) is 3. The molecular formula is C29H38P+. The lowest BCUT2D eigenvalue weighted by molar-refractivity contribution is 0.832. The number of benzene rings is 4. The zero-order chi connectivity index (χ0) is 21.0. The Balaban J connectivity index is 1.86. The molecule has 0 aliphatic carbocycles. The van der Waals surface area contributed by atoms with Crippen molar-refractivity contribution in [2.24, 2.45) is 0 Å². The van der Waals surface area contributed by atoms with Crippen molar-refractivity contribution >= 4 is 39.6 Å². The summed E-state index contributed by atoms with van der Waals surface area (Å²) in [5, 5.41) is 8.71. The molecule has 0 unspecified atom stereocenters. The molecule has 0 aliphatic rings. The average molecular weight is 418 g/mol. The third kappa shape index (κ3) is 4.22. The van der Waals surface area contributed by atoms with Gasteiger partial charge in [-0.15, -0.1) is 0 Å². The fourth-order valence-electron chi connectivity index (χ4n) is 5.38. The van der Waals surface area contributed by atoms with E-state index >= 15 is 0 Å². The first-order valence-electron chi connectivity index (χ1n) is 12.2. The number of rotatable bonds is 11. The van der Waals surface area contributed by atoms with Crippen LogP contribution in [0.1, 0.15) is 64.9 Å². The molecule has 4 aromatic rings. The van der Waals surface area contributed by atoms with Crippen LogP contribution in [0.5, 0.6) is 0 Å². The monoisotopic (exact) mass is 417 g/mol. The topological polar surface area (TPSA) is 0 Å². The van der Waals surface area contributed by atoms with Gasteiger partial charge in [0.2, 0.25) is 0 Å². The van der Waals surface area contributed by atoms with Crippen molar-refractivity contribution in [3.05, 3.63) is 60.2 Å². The molecule has 0 N–H and O–H groups in total. The van der Waals surface area contributed by atoms with E-state index in [0.29, 0.717) is 0 Å². The summed E-state index contributed by atoms with van der Waals surface area (Å²) in [4.78, 5) is 0. The lowest BCUT2D eigenvalue weighted by Gasteiger charge is -2.29. The van der Waals surface area contributed by atoms with Crippen LogP contribution in [-0.4, -0.2) is 18.5 Å². The van der Waals surface area contributed by atoms with Gasteiger partial charge in [0, 0.05) is 7.26 Å². The van der Waals surface area contributed by atoms with Gasteiger partial charge in [0.1, 0.15) is 0 Å². The van der Waals surface area contributed by atoms with Crippen LogP contribution in [0.3, 0.4) is 0 Å². The first-order valence-corrected chi connectivity index (χ1v) is 14.7. The minimum Gasteiger partial charge on any atom is -0.0652 e. The van der Waals surface area contributed by atoms with Gasteiger partial charge in [0.25, 0.3) is 0 Å². The standard InChI is InChI=1S/C29H38P/c1-4-7-18-30(19-8-5-2,20-9-6-3)22-26-21-25-14-10-12-23-16-17-24-13-11-15-27(26)29(24)28(23)25/h10-17,21H,4-9,18-20,22H2,1-3H3/q+1. The van der Waals surface area contributed by atoms with E-state index in [1.807, 2.05) is 0 Å². The van der Waals surface area contributed by atoms with Crippen LogP contribution < -0.4 is 0 Å². The Morgan fingerprint density at radius 3 is 1.73 bits per heavy atom. The van der Waals surface area contributed by atoms with E-state index in [4.69, 9.17) is 0 Å². The van der Waals surface area contributed by atoms with Gasteiger partial charge in [-0.3, -0.25) is 0 Å². The van der Waals surface area contributed by atoms with Gasteiger partial charge in [-0.25, -0.2) is 0 Å². The largest absolute Gasteiger partial charge is 0.0849 e. The molecule has 0 bridgehead atoms. The molecule has 0 amide bonds. The molecule has 4 aromatic carbocycles. The molecule has 0 fully saturated rings. The molecule has 0 spiro atoms. The summed E-state index contributed by atoms with van der Waals surface area (Å²) in [5.41, 5.74) is 1.63. The van der Waals surface area contributed by atoms with E-state index in [0.717, 1.165) is 0 Å². The summed E-state index contributed by atoms with van der Waals surface area (Å²) < 4.78 is 0. The summed E-state index contributed by atoms with van der Waals surface area (Å²) in [5.74, 6) is 0. The van der Waals surface area contributed by atoms with Crippen LogP contribution in [0.15, 0.2) is 54.6 Å². The normalized spacial score (nSPS) is 12.5. The van der Waals surface area contributed by atoms with Crippen molar-refractivity contribution in [2.75, 3.05) is 18.5 Å². The van der Waals surface area contributed by atoms with Crippen LogP contribution in [0.4, 0.5) is 0 Å². The van der Waals surface area contributed by atoms with E-state index in [9.17, 15) is 0 Å². The molecule has 0 nitrogen and oxygen atoms in total. The molecule has 0 aromatic heterocycles. The Kier molecular flexibility index (Phi) is 6.94. The fourth-order valence-corrected chi connectivity index (χ4v) is 10.5. The Hall–Kier alpha value is -1.65. The Bertz CT molecular complexity index is 1070. The molecule has 1 heteroatoms. The first-order chi connectivity index (χ1) is 14.7. The lowest BCUT2D eigenvalue weighted by Crippen LogP contribution is -2.12. The van der Waals surface area contributed by atoms with E-state index in [2.05, 4.69) is 75.4 Å². The first kappa shape index (κ1) is 21.6. The van der Waals surface area contributed by atoms with Crippen molar-refractivity contribution in [2.45, 2.75) is 65.5 Å². The maximum atomic E-state index is 2.56. The summed E-state index contributed by atoms with van der Waals surface area (Å²) in [6, 6.07) is 21.0. The molecular weight excluding hydrogens is 379 g/mol. The molecule has 0 aliphatic heterocycles. The zero-order valence-electron chi connectivity index (χ0n) is 19.2. The van der Waals surface area contributed by atoms with Crippen molar-refractivity contribution in [3.8, 4) is 0 Å². The second-order valence-electron chi connectivity index (χ2n) is 9.32. The molecule has 0 saturated heterocycles. The lowest BCUT2D eigenvalue weighted by atomic mass is 9.92. The molecule has 0 radical (unpaired) electrons. The van der Waals surface area contributed by atoms with Crippen LogP contribution in [0, 0.1) is 0 Å². The van der Waals surface area contributed by atoms with Crippen molar-refractivity contribution in [1.29, 1.82) is 0 Å². The summed E-state index contributed by atoms with van der Waals surface area (Å²) in [6.07, 6.45) is 14.0. The molecule has 0 heterocycles. The van der Waals surface area contributed by atoms with E-state index in [1.54, 1.807) is 5.56 Å². The summed E-state index contributed by atoms with van der Waals surface area (Å²) in [7, 11) is -0.977. The van der Waals surface area contributed by atoms with E-state index in [-0.39, 0.29) is 0 Å². The van der Waals surface area contributed by atoms with E-state index in [1.165, 1.54) is 95.5 Å². The van der Waals surface area contributed by atoms with Crippen molar-refractivity contribution in [3.63, 3.8) is 0 Å². The number of hydrogen-bond acceptors (Lipinski definition) is 0. The highest BCUT2D eigenvalue weighted by molar-refractivity contribution is 7.75. The molecule has 30 heavy (non-hydrogen) atoms. The second kappa shape index (κ2) is 9.65. The predicted molar refractivity (Wildman–Crippen MR) is 140 cm³/mol. The average Bonchev–Trinajstić information content (AvgIpc) is 2.79. The molecule has 0 atom stereocenters. The van der Waals surface area contributed by atoms with E-state index < -0.39 is 7.26 Å². The third-order valence-corrected chi connectivity index (χ3v) is 11.9. The minimum atomic E-state index is -0.977. The quantitative estimate of drug-likeness (QED) is 0.168. The predicted octanol–water partition coefficient (Wildman–Crippen LogP) is 9.50. The van der Waals surface area contributed by atoms with Crippen LogP contribution in [0.25, 0.3) is 32.3 Å². The molecule has 0 saturated carbocycles. The highest BCUT2D eigenvalue weighted by atomic mass is 31.2. The van der Waals surface area contributed by atoms with Crippen molar-refractivity contribution in [1.82, 2.24) is 0 Å². The van der Waals surface area contributed by atoms with Gasteiger partial charge in [0.05, 0.1) is 24.6 Å². The van der Waals surface area contributed by atoms with Crippen molar-refractivity contribution < 1.29 is 0 Å². The Labute approximate surface area is 183 Å². The van der Waals surface area contributed by atoms with Gasteiger partial charge >= 0.3 is 0 Å². The Morgan fingerprint density at radius 2 is 1.13 bits per heavy atom. The van der Waals surface area contributed by atoms with Gasteiger partial charge in [0.15, 0.2) is 0 Å².